The zero-order chi connectivity index (χ0) is 21.4. The van der Waals surface area contributed by atoms with Crippen molar-refractivity contribution in [2.45, 2.75) is 32.7 Å². The lowest BCUT2D eigenvalue weighted by Crippen LogP contribution is -2.50. The standard InChI is InChI=1S/C23H23N3O4/c1-13(2)19(26-22(29)17-8-3-4-9-18(17)23(26)30)21(28)25-16-7-5-6-15(12-16)24-20(27)14-10-11-14/h3-9,12-14,19H,10-11H2,1-2H3,(H,24,27)(H,25,28). The number of fused-ring (bicyclic) bond motifs is 1. The molecule has 1 fully saturated rings. The van der Waals surface area contributed by atoms with Crippen molar-refractivity contribution in [1.82, 2.24) is 4.90 Å². The van der Waals surface area contributed by atoms with Crippen LogP contribution in [0.4, 0.5) is 11.4 Å². The third kappa shape index (κ3) is 3.70. The second-order valence-electron chi connectivity index (χ2n) is 8.05. The lowest BCUT2D eigenvalue weighted by molar-refractivity contribution is -0.121. The zero-order valence-corrected chi connectivity index (χ0v) is 16.8. The summed E-state index contributed by atoms with van der Waals surface area (Å²) in [6.07, 6.45) is 1.80. The van der Waals surface area contributed by atoms with Crippen molar-refractivity contribution in [2.75, 3.05) is 10.6 Å². The van der Waals surface area contributed by atoms with Crippen molar-refractivity contribution in [3.8, 4) is 0 Å². The van der Waals surface area contributed by atoms with Crippen LogP contribution < -0.4 is 10.6 Å². The highest BCUT2D eigenvalue weighted by Gasteiger charge is 2.43. The van der Waals surface area contributed by atoms with Gasteiger partial charge in [0.1, 0.15) is 6.04 Å². The normalized spacial score (nSPS) is 16.4. The maximum Gasteiger partial charge on any atom is 0.262 e. The number of nitrogens with zero attached hydrogens (tertiary/aromatic N) is 1. The molecule has 7 nitrogen and oxygen atoms in total. The minimum absolute atomic E-state index is 0.0236. The number of carbonyl (C=O) groups excluding carboxylic acids is 4. The summed E-state index contributed by atoms with van der Waals surface area (Å²) in [7, 11) is 0. The van der Waals surface area contributed by atoms with E-state index in [0.717, 1.165) is 17.7 Å². The molecule has 1 saturated carbocycles. The van der Waals surface area contributed by atoms with E-state index in [1.807, 2.05) is 0 Å². The van der Waals surface area contributed by atoms with Crippen LogP contribution >= 0.6 is 0 Å². The first kappa shape index (κ1) is 19.8. The van der Waals surface area contributed by atoms with Crippen LogP contribution in [0.25, 0.3) is 0 Å². The third-order valence-corrected chi connectivity index (χ3v) is 5.35. The summed E-state index contributed by atoms with van der Waals surface area (Å²) in [5.74, 6) is -1.62. The lowest BCUT2D eigenvalue weighted by Gasteiger charge is -2.28. The highest BCUT2D eigenvalue weighted by atomic mass is 16.2. The summed E-state index contributed by atoms with van der Waals surface area (Å²) < 4.78 is 0. The molecular weight excluding hydrogens is 382 g/mol. The highest BCUT2D eigenvalue weighted by Crippen LogP contribution is 2.31. The van der Waals surface area contributed by atoms with E-state index in [0.29, 0.717) is 22.5 Å². The number of anilines is 2. The van der Waals surface area contributed by atoms with Gasteiger partial charge in [-0.3, -0.25) is 24.1 Å². The molecule has 7 heteroatoms. The number of benzene rings is 2. The van der Waals surface area contributed by atoms with E-state index >= 15 is 0 Å². The Labute approximate surface area is 174 Å². The second-order valence-corrected chi connectivity index (χ2v) is 8.05. The molecule has 2 aromatic rings. The monoisotopic (exact) mass is 405 g/mol. The van der Waals surface area contributed by atoms with Crippen LogP contribution in [-0.2, 0) is 9.59 Å². The van der Waals surface area contributed by atoms with Gasteiger partial charge in [0.25, 0.3) is 11.8 Å². The fraction of sp³-hybridized carbons (Fsp3) is 0.304. The van der Waals surface area contributed by atoms with Gasteiger partial charge < -0.3 is 10.6 Å². The molecule has 154 valence electrons. The Morgan fingerprint density at radius 3 is 2.00 bits per heavy atom. The van der Waals surface area contributed by atoms with Crippen molar-refractivity contribution < 1.29 is 19.2 Å². The van der Waals surface area contributed by atoms with E-state index in [2.05, 4.69) is 10.6 Å². The first-order valence-electron chi connectivity index (χ1n) is 10.1. The quantitative estimate of drug-likeness (QED) is 0.721. The second kappa shape index (κ2) is 7.74. The SMILES string of the molecule is CC(C)C(C(=O)Nc1cccc(NC(=O)C2CC2)c1)N1C(=O)c2ccccc2C1=O. The largest absolute Gasteiger partial charge is 0.326 e. The lowest BCUT2D eigenvalue weighted by atomic mass is 10.0. The Morgan fingerprint density at radius 2 is 1.47 bits per heavy atom. The average molecular weight is 405 g/mol. The van der Waals surface area contributed by atoms with Gasteiger partial charge in [-0.05, 0) is 49.1 Å². The Hall–Kier alpha value is -3.48. The summed E-state index contributed by atoms with van der Waals surface area (Å²) in [6, 6.07) is 12.5. The van der Waals surface area contributed by atoms with Crippen molar-refractivity contribution in [3.05, 3.63) is 59.7 Å². The highest BCUT2D eigenvalue weighted by molar-refractivity contribution is 6.23. The molecule has 0 spiro atoms. The van der Waals surface area contributed by atoms with Gasteiger partial charge in [0.15, 0.2) is 0 Å². The number of rotatable bonds is 6. The predicted molar refractivity (Wildman–Crippen MR) is 112 cm³/mol. The smallest absolute Gasteiger partial charge is 0.262 e. The van der Waals surface area contributed by atoms with Gasteiger partial charge >= 0.3 is 0 Å². The number of nitrogens with one attached hydrogen (secondary N) is 2. The molecule has 1 aliphatic carbocycles. The van der Waals surface area contributed by atoms with Crippen molar-refractivity contribution >= 4 is 35.0 Å². The minimum Gasteiger partial charge on any atom is -0.326 e. The third-order valence-electron chi connectivity index (χ3n) is 5.35. The summed E-state index contributed by atoms with van der Waals surface area (Å²) in [6.45, 7) is 3.58. The van der Waals surface area contributed by atoms with Crippen LogP contribution in [0.15, 0.2) is 48.5 Å². The molecule has 2 N–H and O–H groups in total. The molecule has 0 aromatic heterocycles. The summed E-state index contributed by atoms with van der Waals surface area (Å²) in [5, 5.41) is 5.63. The maximum atomic E-state index is 13.1. The van der Waals surface area contributed by atoms with E-state index in [4.69, 9.17) is 0 Å². The summed E-state index contributed by atoms with van der Waals surface area (Å²) in [4.78, 5) is 51.8. The number of hydrogen-bond acceptors (Lipinski definition) is 4. The van der Waals surface area contributed by atoms with Crippen LogP contribution in [-0.4, -0.2) is 34.6 Å². The van der Waals surface area contributed by atoms with E-state index in [-0.39, 0.29) is 17.7 Å². The van der Waals surface area contributed by atoms with Gasteiger partial charge in [-0.2, -0.15) is 0 Å². The number of imide groups is 1. The number of hydrogen-bond donors (Lipinski definition) is 2. The van der Waals surface area contributed by atoms with Crippen LogP contribution in [0.5, 0.6) is 0 Å². The molecule has 2 aliphatic rings. The molecular formula is C23H23N3O4. The molecule has 4 amide bonds. The van der Waals surface area contributed by atoms with Crippen LogP contribution in [0, 0.1) is 11.8 Å². The molecule has 1 atom stereocenters. The molecule has 30 heavy (non-hydrogen) atoms. The van der Waals surface area contributed by atoms with Crippen LogP contribution in [0.2, 0.25) is 0 Å². The molecule has 1 aliphatic heterocycles. The molecule has 4 rings (SSSR count). The van der Waals surface area contributed by atoms with Gasteiger partial charge in [0.2, 0.25) is 11.8 Å². The zero-order valence-electron chi connectivity index (χ0n) is 16.8. The Balaban J connectivity index is 1.53. The molecule has 0 saturated heterocycles. The van der Waals surface area contributed by atoms with Crippen molar-refractivity contribution in [3.63, 3.8) is 0 Å². The molecule has 0 bridgehead atoms. The van der Waals surface area contributed by atoms with E-state index < -0.39 is 23.8 Å². The van der Waals surface area contributed by atoms with Gasteiger partial charge in [0, 0.05) is 17.3 Å². The topological polar surface area (TPSA) is 95.6 Å². The van der Waals surface area contributed by atoms with E-state index in [1.165, 1.54) is 0 Å². The first-order chi connectivity index (χ1) is 14.4. The number of amides is 4. The molecule has 2 aromatic carbocycles. The Kier molecular flexibility index (Phi) is 5.11. The molecule has 1 unspecified atom stereocenters. The van der Waals surface area contributed by atoms with Gasteiger partial charge in [-0.25, -0.2) is 0 Å². The van der Waals surface area contributed by atoms with Gasteiger partial charge in [0.05, 0.1) is 11.1 Å². The van der Waals surface area contributed by atoms with E-state index in [1.54, 1.807) is 62.4 Å². The Bertz CT molecular complexity index is 1010. The molecule has 1 heterocycles. The fourth-order valence-corrected chi connectivity index (χ4v) is 3.66. The fourth-order valence-electron chi connectivity index (χ4n) is 3.66. The summed E-state index contributed by atoms with van der Waals surface area (Å²) >= 11 is 0. The van der Waals surface area contributed by atoms with E-state index in [9.17, 15) is 19.2 Å². The minimum atomic E-state index is -0.956. The van der Waals surface area contributed by atoms with Crippen LogP contribution in [0.1, 0.15) is 47.4 Å². The Morgan fingerprint density at radius 1 is 0.900 bits per heavy atom. The first-order valence-corrected chi connectivity index (χ1v) is 10.1. The molecule has 0 radical (unpaired) electrons. The average Bonchev–Trinajstić information content (AvgIpc) is 3.53. The van der Waals surface area contributed by atoms with Crippen molar-refractivity contribution in [2.24, 2.45) is 11.8 Å². The summed E-state index contributed by atoms with van der Waals surface area (Å²) in [5.41, 5.74) is 1.69. The number of carbonyl (C=O) groups is 4. The predicted octanol–water partition coefficient (Wildman–Crippen LogP) is 3.29. The maximum absolute atomic E-state index is 13.1. The van der Waals surface area contributed by atoms with Crippen LogP contribution in [0.3, 0.4) is 0 Å². The van der Waals surface area contributed by atoms with Crippen molar-refractivity contribution in [1.29, 1.82) is 0 Å². The van der Waals surface area contributed by atoms with Gasteiger partial charge in [-0.1, -0.05) is 32.0 Å². The van der Waals surface area contributed by atoms with Gasteiger partial charge in [-0.15, -0.1) is 0 Å².